The Bertz CT molecular complexity index is 1120. The van der Waals surface area contributed by atoms with Gasteiger partial charge in [-0.15, -0.1) is 0 Å². The Morgan fingerprint density at radius 2 is 2.14 bits per heavy atom. The molecule has 4 rings (SSSR count). The molecule has 1 aromatic heterocycles. The van der Waals surface area contributed by atoms with Crippen LogP contribution in [0.5, 0.6) is 0 Å². The molecule has 2 aromatic rings. The molecule has 2 aliphatic rings. The molecule has 1 fully saturated rings. The van der Waals surface area contributed by atoms with Crippen LogP contribution in [-0.2, 0) is 22.1 Å². The predicted molar refractivity (Wildman–Crippen MR) is 101 cm³/mol. The minimum absolute atomic E-state index is 0.0866. The molecule has 6 nitrogen and oxygen atoms in total. The zero-order valence-electron chi connectivity index (χ0n) is 15.5. The van der Waals surface area contributed by atoms with Crippen LogP contribution in [0.2, 0.25) is 0 Å². The van der Waals surface area contributed by atoms with Crippen LogP contribution in [0.3, 0.4) is 0 Å². The first kappa shape index (κ1) is 18.7. The maximum Gasteiger partial charge on any atom is 0.290 e. The van der Waals surface area contributed by atoms with Crippen LogP contribution in [-0.4, -0.2) is 33.0 Å². The van der Waals surface area contributed by atoms with Gasteiger partial charge < -0.3 is 4.90 Å². The van der Waals surface area contributed by atoms with Gasteiger partial charge in [-0.1, -0.05) is 6.07 Å². The van der Waals surface area contributed by atoms with E-state index in [2.05, 4.69) is 9.97 Å². The average molecular weight is 403 g/mol. The van der Waals surface area contributed by atoms with Gasteiger partial charge in [0.1, 0.15) is 11.8 Å². The van der Waals surface area contributed by atoms with Gasteiger partial charge in [-0.3, -0.25) is 0 Å². The molecule has 1 aliphatic carbocycles. The number of nitrogens with one attached hydrogen (secondary N) is 1. The highest BCUT2D eigenvalue weighted by Crippen LogP contribution is 2.45. The molecule has 28 heavy (non-hydrogen) atoms. The number of nitriles is 1. The van der Waals surface area contributed by atoms with Gasteiger partial charge >= 0.3 is 0 Å². The van der Waals surface area contributed by atoms with Crippen LogP contribution in [0.25, 0.3) is 11.3 Å². The topological polar surface area (TPSA) is 93.7 Å². The predicted octanol–water partition coefficient (Wildman–Crippen LogP) is 3.69. The standard InChI is InChI=1S/C19H19F2N5OS/c1-11-6-8-26(11)18-24-16(14-5-7-19(20,21)17(14)25-18)12-3-4-13(10-22)15(9-12)28(2,23)27/h3-4,9,11,23H,5-8H2,1-2H3/t11-,28?/m0/s1. The van der Waals surface area contributed by atoms with Gasteiger partial charge in [-0.05, 0) is 31.9 Å². The summed E-state index contributed by atoms with van der Waals surface area (Å²) < 4.78 is 49.1. The first-order valence-corrected chi connectivity index (χ1v) is 10.9. The lowest BCUT2D eigenvalue weighted by Gasteiger charge is -2.39. The summed E-state index contributed by atoms with van der Waals surface area (Å²) in [5.74, 6) is -2.75. The van der Waals surface area contributed by atoms with Gasteiger partial charge in [-0.2, -0.15) is 14.0 Å². The maximum atomic E-state index is 14.5. The van der Waals surface area contributed by atoms with Crippen molar-refractivity contribution in [3.63, 3.8) is 0 Å². The molecule has 9 heteroatoms. The van der Waals surface area contributed by atoms with E-state index >= 15 is 0 Å². The number of halogens is 2. The third-order valence-corrected chi connectivity index (χ3v) is 6.58. The van der Waals surface area contributed by atoms with Gasteiger partial charge in [-0.25, -0.2) is 19.0 Å². The number of benzene rings is 1. The monoisotopic (exact) mass is 403 g/mol. The molecular formula is C19H19F2N5OS. The lowest BCUT2D eigenvalue weighted by molar-refractivity contribution is -0.00595. The number of hydrogen-bond donors (Lipinski definition) is 1. The van der Waals surface area contributed by atoms with Crippen molar-refractivity contribution in [3.05, 3.63) is 35.0 Å². The fourth-order valence-corrected chi connectivity index (χ4v) is 4.56. The van der Waals surface area contributed by atoms with E-state index in [0.717, 1.165) is 6.42 Å². The SMILES string of the molecule is C[C@H]1CCN1c1nc(-c2ccc(C#N)c(S(C)(=N)=O)c2)c2c(n1)C(F)(F)CC2. The third-order valence-electron chi connectivity index (χ3n) is 5.40. The molecule has 0 bridgehead atoms. The number of alkyl halides is 2. The third kappa shape index (κ3) is 2.92. The van der Waals surface area contributed by atoms with Crippen molar-refractivity contribution in [2.45, 2.75) is 43.0 Å². The van der Waals surface area contributed by atoms with E-state index in [1.165, 1.54) is 18.4 Å². The Labute approximate surface area is 162 Å². The molecule has 0 spiro atoms. The lowest BCUT2D eigenvalue weighted by atomic mass is 10.0. The summed E-state index contributed by atoms with van der Waals surface area (Å²) in [5, 5.41) is 9.26. The summed E-state index contributed by atoms with van der Waals surface area (Å²) in [6.07, 6.45) is 2.00. The normalized spacial score (nSPS) is 22.1. The van der Waals surface area contributed by atoms with Crippen LogP contribution < -0.4 is 4.90 Å². The molecule has 1 N–H and O–H groups in total. The zero-order chi connectivity index (χ0) is 20.3. The van der Waals surface area contributed by atoms with Crippen molar-refractivity contribution >= 4 is 15.7 Å². The molecule has 1 saturated heterocycles. The van der Waals surface area contributed by atoms with E-state index < -0.39 is 15.7 Å². The van der Waals surface area contributed by atoms with Crippen LogP contribution >= 0.6 is 0 Å². The van der Waals surface area contributed by atoms with E-state index in [-0.39, 0.29) is 41.0 Å². The number of nitrogens with zero attached hydrogens (tertiary/aromatic N) is 4. The number of rotatable bonds is 3. The number of aromatic nitrogens is 2. The van der Waals surface area contributed by atoms with Crippen LogP contribution in [0.4, 0.5) is 14.7 Å². The Morgan fingerprint density at radius 3 is 2.71 bits per heavy atom. The zero-order valence-corrected chi connectivity index (χ0v) is 16.3. The molecular weight excluding hydrogens is 384 g/mol. The lowest BCUT2D eigenvalue weighted by Crippen LogP contribution is -2.47. The van der Waals surface area contributed by atoms with Gasteiger partial charge in [0.15, 0.2) is 0 Å². The van der Waals surface area contributed by atoms with E-state index in [0.29, 0.717) is 23.4 Å². The minimum atomic E-state index is -3.17. The van der Waals surface area contributed by atoms with Crippen molar-refractivity contribution in [3.8, 4) is 17.3 Å². The summed E-state index contributed by atoms with van der Waals surface area (Å²) in [6.45, 7) is 2.70. The maximum absolute atomic E-state index is 14.5. The summed E-state index contributed by atoms with van der Waals surface area (Å²) in [5.41, 5.74) is 1.11. The second-order valence-electron chi connectivity index (χ2n) is 7.40. The van der Waals surface area contributed by atoms with E-state index in [4.69, 9.17) is 4.78 Å². The summed E-state index contributed by atoms with van der Waals surface area (Å²) in [6, 6.07) is 6.66. The van der Waals surface area contributed by atoms with Gasteiger partial charge in [0.05, 0.1) is 25.9 Å². The Kier molecular flexibility index (Phi) is 4.16. The second-order valence-corrected chi connectivity index (χ2v) is 9.53. The smallest absolute Gasteiger partial charge is 0.290 e. The van der Waals surface area contributed by atoms with Crippen LogP contribution in [0.15, 0.2) is 23.1 Å². The fraction of sp³-hybridized carbons (Fsp3) is 0.421. The van der Waals surface area contributed by atoms with Crippen molar-refractivity contribution < 1.29 is 13.0 Å². The highest BCUT2D eigenvalue weighted by Gasteiger charge is 2.44. The van der Waals surface area contributed by atoms with Crippen LogP contribution in [0, 0.1) is 16.1 Å². The molecule has 2 atom stereocenters. The quantitative estimate of drug-likeness (QED) is 0.844. The summed E-state index contributed by atoms with van der Waals surface area (Å²) in [7, 11) is -3.17. The molecule has 2 heterocycles. The largest absolute Gasteiger partial charge is 0.338 e. The molecule has 1 aliphatic heterocycles. The molecule has 146 valence electrons. The Morgan fingerprint density at radius 1 is 1.39 bits per heavy atom. The van der Waals surface area contributed by atoms with Gasteiger partial charge in [0, 0.05) is 36.4 Å². The second kappa shape index (κ2) is 6.21. The Balaban J connectivity index is 1.95. The average Bonchev–Trinajstić information content (AvgIpc) is 2.93. The van der Waals surface area contributed by atoms with Crippen molar-refractivity contribution in [2.24, 2.45) is 0 Å². The molecule has 1 aromatic carbocycles. The van der Waals surface area contributed by atoms with Crippen LogP contribution in [0.1, 0.15) is 36.6 Å². The van der Waals surface area contributed by atoms with Crippen molar-refractivity contribution in [1.29, 1.82) is 10.0 Å². The highest BCUT2D eigenvalue weighted by atomic mass is 32.2. The fourth-order valence-electron chi connectivity index (χ4n) is 3.68. The molecule has 0 saturated carbocycles. The highest BCUT2D eigenvalue weighted by molar-refractivity contribution is 7.91. The van der Waals surface area contributed by atoms with E-state index in [9.17, 15) is 18.3 Å². The molecule has 0 radical (unpaired) electrons. The van der Waals surface area contributed by atoms with Gasteiger partial charge in [0.2, 0.25) is 5.95 Å². The first-order valence-electron chi connectivity index (χ1n) is 8.96. The minimum Gasteiger partial charge on any atom is -0.338 e. The van der Waals surface area contributed by atoms with Crippen molar-refractivity contribution in [2.75, 3.05) is 17.7 Å². The Hall–Kier alpha value is -2.60. The number of hydrogen-bond acceptors (Lipinski definition) is 6. The van der Waals surface area contributed by atoms with Crippen molar-refractivity contribution in [1.82, 2.24) is 9.97 Å². The van der Waals surface area contributed by atoms with E-state index in [1.807, 2.05) is 17.9 Å². The first-order chi connectivity index (χ1) is 13.1. The number of anilines is 1. The van der Waals surface area contributed by atoms with Gasteiger partial charge in [0.25, 0.3) is 5.92 Å². The molecule has 0 amide bonds. The van der Waals surface area contributed by atoms with E-state index in [1.54, 1.807) is 6.07 Å². The summed E-state index contributed by atoms with van der Waals surface area (Å²) >= 11 is 0. The summed E-state index contributed by atoms with van der Waals surface area (Å²) in [4.78, 5) is 10.7. The molecule has 1 unspecified atom stereocenters. The number of fused-ring (bicyclic) bond motifs is 1.